The molecule has 0 spiro atoms. The summed E-state index contributed by atoms with van der Waals surface area (Å²) in [5.74, 6) is -0.806. The number of halogens is 1. The summed E-state index contributed by atoms with van der Waals surface area (Å²) in [5.41, 5.74) is 1.13. The minimum Gasteiger partial charge on any atom is -0.457 e. The molecule has 0 aliphatic heterocycles. The quantitative estimate of drug-likeness (QED) is 0.450. The first-order valence-electron chi connectivity index (χ1n) is 8.52. The fraction of sp³-hybridized carbons (Fsp3) is 0.200. The third kappa shape index (κ3) is 4.34. The number of rotatable bonds is 5. The van der Waals surface area contributed by atoms with Crippen LogP contribution in [0, 0.1) is 6.92 Å². The second-order valence-electron chi connectivity index (χ2n) is 6.60. The fourth-order valence-corrected chi connectivity index (χ4v) is 3.83. The summed E-state index contributed by atoms with van der Waals surface area (Å²) in [6.45, 7) is 1.66. The molecule has 0 N–H and O–H groups in total. The molecule has 0 amide bonds. The highest BCUT2D eigenvalue weighted by Crippen LogP contribution is 2.24. The van der Waals surface area contributed by atoms with E-state index >= 15 is 0 Å². The van der Waals surface area contributed by atoms with Crippen LogP contribution in [0.25, 0.3) is 11.0 Å². The molecule has 3 aromatic rings. The highest BCUT2D eigenvalue weighted by molar-refractivity contribution is 7.89. The summed E-state index contributed by atoms with van der Waals surface area (Å²) < 4.78 is 36.1. The van der Waals surface area contributed by atoms with E-state index in [2.05, 4.69) is 0 Å². The normalized spacial score (nSPS) is 11.8. The Kier molecular flexibility index (Phi) is 5.79. The average molecular weight is 436 g/mol. The number of ether oxygens (including phenoxy) is 1. The number of aryl methyl sites for hydroxylation is 1. The lowest BCUT2D eigenvalue weighted by Gasteiger charge is -2.13. The SMILES string of the molecule is Cc1ccc2c(COC(=O)c3cc(S(=O)(=O)N(C)C)ccc3Cl)cc(=O)oc2c1. The van der Waals surface area contributed by atoms with E-state index in [9.17, 15) is 18.0 Å². The van der Waals surface area contributed by atoms with Gasteiger partial charge in [-0.25, -0.2) is 22.3 Å². The lowest BCUT2D eigenvalue weighted by atomic mass is 10.1. The summed E-state index contributed by atoms with van der Waals surface area (Å²) in [6, 6.07) is 10.4. The minimum absolute atomic E-state index is 0.0563. The average Bonchev–Trinajstić information content (AvgIpc) is 2.65. The van der Waals surface area contributed by atoms with Crippen LogP contribution >= 0.6 is 11.6 Å². The van der Waals surface area contributed by atoms with Crippen molar-refractivity contribution in [3.05, 3.63) is 74.6 Å². The lowest BCUT2D eigenvalue weighted by molar-refractivity contribution is 0.0473. The fourth-order valence-electron chi connectivity index (χ4n) is 2.71. The second kappa shape index (κ2) is 7.98. The predicted octanol–water partition coefficient (Wildman–Crippen LogP) is 3.36. The van der Waals surface area contributed by atoms with Crippen molar-refractivity contribution in [3.8, 4) is 0 Å². The van der Waals surface area contributed by atoms with Gasteiger partial charge in [0.2, 0.25) is 10.0 Å². The van der Waals surface area contributed by atoms with Crippen LogP contribution in [0.1, 0.15) is 21.5 Å². The Labute approximate surface area is 172 Å². The van der Waals surface area contributed by atoms with Gasteiger partial charge in [-0.3, -0.25) is 0 Å². The summed E-state index contributed by atoms with van der Waals surface area (Å²) >= 11 is 6.07. The van der Waals surface area contributed by atoms with E-state index in [4.69, 9.17) is 20.8 Å². The number of hydrogen-bond donors (Lipinski definition) is 0. The van der Waals surface area contributed by atoms with Crippen molar-refractivity contribution in [2.24, 2.45) is 0 Å². The third-order valence-corrected chi connectivity index (χ3v) is 6.42. The number of carbonyl (C=O) groups is 1. The molecule has 0 saturated heterocycles. The Bertz CT molecular complexity index is 1260. The van der Waals surface area contributed by atoms with Crippen molar-refractivity contribution in [1.82, 2.24) is 4.31 Å². The van der Waals surface area contributed by atoms with Crippen LogP contribution in [0.15, 0.2) is 56.6 Å². The maximum atomic E-state index is 12.5. The molecule has 152 valence electrons. The summed E-state index contributed by atoms with van der Waals surface area (Å²) in [5, 5.41) is 0.693. The van der Waals surface area contributed by atoms with E-state index < -0.39 is 21.6 Å². The van der Waals surface area contributed by atoms with Gasteiger partial charge in [0, 0.05) is 31.1 Å². The van der Waals surface area contributed by atoms with Crippen LogP contribution in [0.3, 0.4) is 0 Å². The molecule has 0 atom stereocenters. The van der Waals surface area contributed by atoms with Crippen molar-refractivity contribution in [3.63, 3.8) is 0 Å². The first kappa shape index (κ1) is 21.0. The van der Waals surface area contributed by atoms with Crippen LogP contribution in [0.2, 0.25) is 5.02 Å². The Morgan fingerprint density at radius 1 is 1.14 bits per heavy atom. The summed E-state index contributed by atoms with van der Waals surface area (Å²) in [6.07, 6.45) is 0. The standard InChI is InChI=1S/C20H18ClNO6S/c1-12-4-6-15-13(9-19(23)28-18(15)8-12)11-27-20(24)16-10-14(5-7-17(16)21)29(25,26)22(2)3/h4-10H,11H2,1-3H3. The molecule has 0 aliphatic rings. The van der Waals surface area contributed by atoms with Crippen LogP contribution in [0.5, 0.6) is 0 Å². The molecule has 0 aliphatic carbocycles. The molecule has 0 radical (unpaired) electrons. The summed E-state index contributed by atoms with van der Waals surface area (Å²) in [4.78, 5) is 24.3. The Balaban J connectivity index is 1.91. The van der Waals surface area contributed by atoms with Gasteiger partial charge in [0.05, 0.1) is 15.5 Å². The molecule has 7 nitrogen and oxygen atoms in total. The zero-order valence-electron chi connectivity index (χ0n) is 15.9. The molecular weight excluding hydrogens is 418 g/mol. The first-order valence-corrected chi connectivity index (χ1v) is 10.3. The molecular formula is C20H18ClNO6S. The summed E-state index contributed by atoms with van der Waals surface area (Å²) in [7, 11) is -0.973. The van der Waals surface area contributed by atoms with Gasteiger partial charge in [0.1, 0.15) is 12.2 Å². The van der Waals surface area contributed by atoms with Crippen LogP contribution in [0.4, 0.5) is 0 Å². The van der Waals surface area contributed by atoms with Crippen molar-refractivity contribution >= 4 is 38.6 Å². The van der Waals surface area contributed by atoms with E-state index in [1.807, 2.05) is 13.0 Å². The van der Waals surface area contributed by atoms with Gasteiger partial charge in [-0.1, -0.05) is 23.7 Å². The predicted molar refractivity (Wildman–Crippen MR) is 109 cm³/mol. The van der Waals surface area contributed by atoms with Crippen LogP contribution in [-0.4, -0.2) is 32.8 Å². The van der Waals surface area contributed by atoms with E-state index in [1.54, 1.807) is 12.1 Å². The van der Waals surface area contributed by atoms with E-state index in [0.29, 0.717) is 16.5 Å². The van der Waals surface area contributed by atoms with Crippen LogP contribution < -0.4 is 5.63 Å². The number of esters is 1. The highest BCUT2D eigenvalue weighted by Gasteiger charge is 2.21. The molecule has 9 heteroatoms. The molecule has 29 heavy (non-hydrogen) atoms. The minimum atomic E-state index is -3.74. The van der Waals surface area contributed by atoms with E-state index in [-0.39, 0.29) is 22.1 Å². The van der Waals surface area contributed by atoms with Crippen molar-refractivity contribution < 1.29 is 22.4 Å². The second-order valence-corrected chi connectivity index (χ2v) is 9.15. The molecule has 0 unspecified atom stereocenters. The number of carbonyl (C=O) groups excluding carboxylic acids is 1. The molecule has 0 fully saturated rings. The first-order chi connectivity index (χ1) is 13.6. The van der Waals surface area contributed by atoms with Crippen molar-refractivity contribution in [1.29, 1.82) is 0 Å². The Morgan fingerprint density at radius 2 is 1.86 bits per heavy atom. The van der Waals surface area contributed by atoms with Gasteiger partial charge < -0.3 is 9.15 Å². The number of fused-ring (bicyclic) bond motifs is 1. The Morgan fingerprint density at radius 3 is 2.55 bits per heavy atom. The van der Waals surface area contributed by atoms with Gasteiger partial charge in [0.25, 0.3) is 0 Å². The highest BCUT2D eigenvalue weighted by atomic mass is 35.5. The maximum absolute atomic E-state index is 12.5. The smallest absolute Gasteiger partial charge is 0.340 e. The third-order valence-electron chi connectivity index (χ3n) is 4.28. The van der Waals surface area contributed by atoms with Gasteiger partial charge in [-0.15, -0.1) is 0 Å². The zero-order chi connectivity index (χ0) is 21.3. The number of nitrogens with zero attached hydrogens (tertiary/aromatic N) is 1. The van der Waals surface area contributed by atoms with Gasteiger partial charge in [0.15, 0.2) is 0 Å². The Hall–Kier alpha value is -2.68. The van der Waals surface area contributed by atoms with Crippen LogP contribution in [-0.2, 0) is 21.4 Å². The molecule has 3 rings (SSSR count). The largest absolute Gasteiger partial charge is 0.457 e. The van der Waals surface area contributed by atoms with Gasteiger partial charge in [-0.2, -0.15) is 0 Å². The monoisotopic (exact) mass is 435 g/mol. The lowest BCUT2D eigenvalue weighted by Crippen LogP contribution is -2.22. The van der Waals surface area contributed by atoms with Gasteiger partial charge >= 0.3 is 11.6 Å². The maximum Gasteiger partial charge on any atom is 0.340 e. The number of hydrogen-bond acceptors (Lipinski definition) is 6. The zero-order valence-corrected chi connectivity index (χ0v) is 17.5. The van der Waals surface area contributed by atoms with Gasteiger partial charge in [-0.05, 0) is 36.8 Å². The van der Waals surface area contributed by atoms with Crippen molar-refractivity contribution in [2.45, 2.75) is 18.4 Å². The number of sulfonamides is 1. The van der Waals surface area contributed by atoms with Crippen molar-refractivity contribution in [2.75, 3.05) is 14.1 Å². The molecule has 2 aromatic carbocycles. The topological polar surface area (TPSA) is 93.9 Å². The molecule has 0 bridgehead atoms. The van der Waals surface area contributed by atoms with E-state index in [0.717, 1.165) is 9.87 Å². The van der Waals surface area contributed by atoms with E-state index in [1.165, 1.54) is 38.4 Å². The molecule has 1 aromatic heterocycles. The molecule has 0 saturated carbocycles. The number of benzene rings is 2. The molecule has 1 heterocycles.